The van der Waals surface area contributed by atoms with Gasteiger partial charge in [0.1, 0.15) is 0 Å². The Balaban J connectivity index is 1.74. The van der Waals surface area contributed by atoms with Crippen LogP contribution in [-0.4, -0.2) is 29.7 Å². The van der Waals surface area contributed by atoms with E-state index in [1.807, 2.05) is 35.2 Å². The van der Waals surface area contributed by atoms with Gasteiger partial charge in [-0.1, -0.05) is 23.8 Å². The molecule has 1 aliphatic carbocycles. The summed E-state index contributed by atoms with van der Waals surface area (Å²) in [5, 5.41) is 0. The zero-order chi connectivity index (χ0) is 13.2. The Bertz CT molecular complexity index is 533. The number of fused-ring (bicyclic) bond motifs is 1. The summed E-state index contributed by atoms with van der Waals surface area (Å²) in [6.45, 7) is 1.48. The van der Waals surface area contributed by atoms with Crippen LogP contribution in [0, 0.1) is 5.92 Å². The van der Waals surface area contributed by atoms with Crippen LogP contribution in [0.1, 0.15) is 29.6 Å². The maximum absolute atomic E-state index is 12.4. The summed E-state index contributed by atoms with van der Waals surface area (Å²) in [5.41, 5.74) is 2.00. The number of likely N-dealkylation sites (tertiary alicyclic amines) is 1. The van der Waals surface area contributed by atoms with Crippen molar-refractivity contribution < 1.29 is 9.59 Å². The Labute approximate surface area is 112 Å². The minimum Gasteiger partial charge on any atom is -0.338 e. The van der Waals surface area contributed by atoms with Gasteiger partial charge in [-0.25, -0.2) is 0 Å². The fourth-order valence-electron chi connectivity index (χ4n) is 2.95. The maximum atomic E-state index is 12.4. The van der Waals surface area contributed by atoms with Crippen LogP contribution in [0.3, 0.4) is 0 Å². The van der Waals surface area contributed by atoms with Crippen LogP contribution in [0.15, 0.2) is 42.0 Å². The molecular weight excluding hydrogens is 238 g/mol. The Hall–Kier alpha value is -1.90. The van der Waals surface area contributed by atoms with Crippen molar-refractivity contribution in [2.75, 3.05) is 13.1 Å². The van der Waals surface area contributed by atoms with Crippen LogP contribution < -0.4 is 0 Å². The lowest BCUT2D eigenvalue weighted by molar-refractivity contribution is -0.115. The molecule has 1 aliphatic heterocycles. The van der Waals surface area contributed by atoms with Gasteiger partial charge >= 0.3 is 0 Å². The standard InChI is InChI=1S/C16H17NO2/c18-15-7-6-14-11-17(9-8-13(14)10-15)16(19)12-4-2-1-3-5-12/h1-5,10,14H,6-9,11H2/t14-/m0/s1. The van der Waals surface area contributed by atoms with Crippen molar-refractivity contribution in [3.05, 3.63) is 47.5 Å². The molecule has 19 heavy (non-hydrogen) atoms. The third-order valence-electron chi connectivity index (χ3n) is 4.03. The van der Waals surface area contributed by atoms with E-state index in [4.69, 9.17) is 0 Å². The molecule has 0 radical (unpaired) electrons. The molecule has 0 spiro atoms. The quantitative estimate of drug-likeness (QED) is 0.773. The van der Waals surface area contributed by atoms with Crippen molar-refractivity contribution in [2.45, 2.75) is 19.3 Å². The highest BCUT2D eigenvalue weighted by atomic mass is 16.2. The second-order valence-electron chi connectivity index (χ2n) is 5.29. The molecule has 98 valence electrons. The van der Waals surface area contributed by atoms with Crippen molar-refractivity contribution in [2.24, 2.45) is 5.92 Å². The molecule has 0 saturated carbocycles. The van der Waals surface area contributed by atoms with Gasteiger partial charge in [-0.05, 0) is 37.0 Å². The van der Waals surface area contributed by atoms with Gasteiger partial charge in [-0.2, -0.15) is 0 Å². The molecule has 3 heteroatoms. The van der Waals surface area contributed by atoms with E-state index < -0.39 is 0 Å². The zero-order valence-corrected chi connectivity index (χ0v) is 10.8. The average molecular weight is 255 g/mol. The van der Waals surface area contributed by atoms with Crippen LogP contribution in [0.2, 0.25) is 0 Å². The van der Waals surface area contributed by atoms with Gasteiger partial charge in [0.15, 0.2) is 5.78 Å². The highest BCUT2D eigenvalue weighted by Crippen LogP contribution is 2.31. The number of nitrogens with zero attached hydrogens (tertiary/aromatic N) is 1. The molecule has 3 nitrogen and oxygen atoms in total. The van der Waals surface area contributed by atoms with Crippen molar-refractivity contribution in [1.29, 1.82) is 0 Å². The summed E-state index contributed by atoms with van der Waals surface area (Å²) in [5.74, 6) is 0.741. The first-order valence-electron chi connectivity index (χ1n) is 6.81. The first kappa shape index (κ1) is 12.2. The molecular formula is C16H17NO2. The van der Waals surface area contributed by atoms with Gasteiger partial charge in [0.25, 0.3) is 5.91 Å². The van der Waals surface area contributed by atoms with Gasteiger partial charge in [0.05, 0.1) is 0 Å². The van der Waals surface area contributed by atoms with Crippen molar-refractivity contribution in [1.82, 2.24) is 4.90 Å². The molecule has 0 N–H and O–H groups in total. The lowest BCUT2D eigenvalue weighted by Crippen LogP contribution is -2.42. The first-order chi connectivity index (χ1) is 9.24. The molecule has 0 aromatic heterocycles. The lowest BCUT2D eigenvalue weighted by Gasteiger charge is -2.36. The summed E-state index contributed by atoms with van der Waals surface area (Å²) in [4.78, 5) is 25.7. The van der Waals surface area contributed by atoms with E-state index in [1.165, 1.54) is 5.57 Å². The molecule has 1 aromatic rings. The highest BCUT2D eigenvalue weighted by Gasteiger charge is 2.30. The van der Waals surface area contributed by atoms with Gasteiger partial charge in [0.2, 0.25) is 0 Å². The molecule has 1 atom stereocenters. The van der Waals surface area contributed by atoms with E-state index in [-0.39, 0.29) is 11.7 Å². The Kier molecular flexibility index (Phi) is 3.20. The van der Waals surface area contributed by atoms with E-state index in [0.717, 1.165) is 31.5 Å². The van der Waals surface area contributed by atoms with Crippen molar-refractivity contribution in [3.8, 4) is 0 Å². The molecule has 1 fully saturated rings. The Morgan fingerprint density at radius 2 is 1.95 bits per heavy atom. The fraction of sp³-hybridized carbons (Fsp3) is 0.375. The summed E-state index contributed by atoms with van der Waals surface area (Å²) in [6, 6.07) is 9.42. The minimum atomic E-state index is 0.108. The Morgan fingerprint density at radius 3 is 2.74 bits per heavy atom. The highest BCUT2D eigenvalue weighted by molar-refractivity contribution is 5.94. The number of hydrogen-bond acceptors (Lipinski definition) is 2. The maximum Gasteiger partial charge on any atom is 0.253 e. The number of ketones is 1. The number of allylic oxidation sites excluding steroid dienone is 1. The summed E-state index contributed by atoms with van der Waals surface area (Å²) in [6.07, 6.45) is 4.16. The van der Waals surface area contributed by atoms with E-state index in [2.05, 4.69) is 0 Å². The van der Waals surface area contributed by atoms with E-state index in [9.17, 15) is 9.59 Å². The third kappa shape index (κ3) is 2.46. The second kappa shape index (κ2) is 5.00. The topological polar surface area (TPSA) is 37.4 Å². The number of carbonyl (C=O) groups excluding carboxylic acids is 2. The van der Waals surface area contributed by atoms with Gasteiger partial charge in [0, 0.05) is 25.1 Å². The number of carbonyl (C=O) groups is 2. The number of amides is 1. The molecule has 2 aliphatic rings. The largest absolute Gasteiger partial charge is 0.338 e. The van der Waals surface area contributed by atoms with Crippen LogP contribution in [-0.2, 0) is 4.79 Å². The van der Waals surface area contributed by atoms with Crippen LogP contribution in [0.4, 0.5) is 0 Å². The summed E-state index contributed by atoms with van der Waals surface area (Å²) < 4.78 is 0. The first-order valence-corrected chi connectivity index (χ1v) is 6.81. The molecule has 0 bridgehead atoms. The SMILES string of the molecule is O=C1C=C2CCN(C(=O)c3ccccc3)C[C@@H]2CC1. The second-order valence-corrected chi connectivity index (χ2v) is 5.29. The van der Waals surface area contributed by atoms with Gasteiger partial charge in [-0.3, -0.25) is 9.59 Å². The van der Waals surface area contributed by atoms with Crippen LogP contribution >= 0.6 is 0 Å². The predicted molar refractivity (Wildman–Crippen MR) is 72.8 cm³/mol. The van der Waals surface area contributed by atoms with Crippen molar-refractivity contribution >= 4 is 11.7 Å². The number of benzene rings is 1. The van der Waals surface area contributed by atoms with E-state index >= 15 is 0 Å². The van der Waals surface area contributed by atoms with Crippen LogP contribution in [0.5, 0.6) is 0 Å². The fourth-order valence-corrected chi connectivity index (χ4v) is 2.95. The normalized spacial score (nSPS) is 22.7. The van der Waals surface area contributed by atoms with Crippen molar-refractivity contribution in [3.63, 3.8) is 0 Å². The number of rotatable bonds is 1. The zero-order valence-electron chi connectivity index (χ0n) is 10.8. The minimum absolute atomic E-state index is 0.108. The van der Waals surface area contributed by atoms with E-state index in [0.29, 0.717) is 12.3 Å². The number of hydrogen-bond donors (Lipinski definition) is 0. The monoisotopic (exact) mass is 255 g/mol. The molecule has 1 heterocycles. The summed E-state index contributed by atoms with van der Waals surface area (Å²) >= 11 is 0. The molecule has 1 aromatic carbocycles. The van der Waals surface area contributed by atoms with E-state index in [1.54, 1.807) is 6.08 Å². The summed E-state index contributed by atoms with van der Waals surface area (Å²) in [7, 11) is 0. The van der Waals surface area contributed by atoms with Gasteiger partial charge in [-0.15, -0.1) is 0 Å². The predicted octanol–water partition coefficient (Wildman–Crippen LogP) is 2.44. The van der Waals surface area contributed by atoms with Crippen LogP contribution in [0.25, 0.3) is 0 Å². The molecule has 3 rings (SSSR count). The lowest BCUT2D eigenvalue weighted by atomic mass is 9.82. The van der Waals surface area contributed by atoms with Gasteiger partial charge < -0.3 is 4.90 Å². The molecule has 0 unspecified atom stereocenters. The smallest absolute Gasteiger partial charge is 0.253 e. The molecule has 1 amide bonds. The third-order valence-corrected chi connectivity index (χ3v) is 4.03. The molecule has 1 saturated heterocycles. The Morgan fingerprint density at radius 1 is 1.16 bits per heavy atom. The number of piperidine rings is 1. The average Bonchev–Trinajstić information content (AvgIpc) is 2.47.